The van der Waals surface area contributed by atoms with Crippen molar-refractivity contribution in [2.24, 2.45) is 0 Å². The standard InChI is InChI=1S/C18H21F9O2/c1-5-11(2)29-13-8-6-7-12(9-13)14(3,28-4)10-15(19,20)16(21,22)17(23,24)18(25,26)27/h6-9,11H,5,10H2,1-4H3. The molecular formula is C18H21F9O2. The van der Waals surface area contributed by atoms with Crippen LogP contribution in [0.2, 0.25) is 0 Å². The molecule has 0 aliphatic heterocycles. The quantitative estimate of drug-likeness (QED) is 0.404. The summed E-state index contributed by atoms with van der Waals surface area (Å²) in [5, 5.41) is 0. The lowest BCUT2D eigenvalue weighted by Gasteiger charge is -2.38. The normalized spacial score (nSPS) is 17.0. The highest BCUT2D eigenvalue weighted by Crippen LogP contribution is 2.56. The Morgan fingerprint density at radius 2 is 1.48 bits per heavy atom. The minimum absolute atomic E-state index is 0.161. The lowest BCUT2D eigenvalue weighted by Crippen LogP contribution is -2.62. The van der Waals surface area contributed by atoms with Gasteiger partial charge in [0, 0.05) is 7.11 Å². The van der Waals surface area contributed by atoms with Gasteiger partial charge in [0.25, 0.3) is 0 Å². The molecule has 2 atom stereocenters. The Kier molecular flexibility index (Phi) is 7.21. The predicted octanol–water partition coefficient (Wildman–Crippen LogP) is 6.58. The molecule has 0 aliphatic rings. The van der Waals surface area contributed by atoms with E-state index >= 15 is 0 Å². The maximum Gasteiger partial charge on any atom is 0.460 e. The topological polar surface area (TPSA) is 18.5 Å². The van der Waals surface area contributed by atoms with E-state index in [1.54, 1.807) is 13.8 Å². The Morgan fingerprint density at radius 1 is 0.931 bits per heavy atom. The second-order valence-corrected chi connectivity index (χ2v) is 6.83. The SMILES string of the molecule is CCC(C)Oc1cccc(C(C)(CC(F)(F)C(F)(F)C(F)(F)C(F)(F)F)OC)c1. The van der Waals surface area contributed by atoms with Crippen molar-refractivity contribution < 1.29 is 49.0 Å². The number of benzene rings is 1. The first-order chi connectivity index (χ1) is 12.9. The molecule has 0 saturated carbocycles. The molecule has 0 radical (unpaired) electrons. The highest BCUT2D eigenvalue weighted by Gasteiger charge is 2.82. The lowest BCUT2D eigenvalue weighted by atomic mass is 9.85. The van der Waals surface area contributed by atoms with E-state index < -0.39 is 36.0 Å². The van der Waals surface area contributed by atoms with Crippen LogP contribution in [0, 0.1) is 0 Å². The zero-order valence-electron chi connectivity index (χ0n) is 16.0. The highest BCUT2D eigenvalue weighted by atomic mass is 19.4. The van der Waals surface area contributed by atoms with Gasteiger partial charge in [0.05, 0.1) is 18.1 Å². The lowest BCUT2D eigenvalue weighted by molar-refractivity contribution is -0.400. The minimum Gasteiger partial charge on any atom is -0.491 e. The van der Waals surface area contributed by atoms with Gasteiger partial charge in [0.1, 0.15) is 5.75 Å². The van der Waals surface area contributed by atoms with E-state index in [-0.39, 0.29) is 17.4 Å². The first kappa shape index (κ1) is 25.4. The molecule has 29 heavy (non-hydrogen) atoms. The molecule has 2 unspecified atom stereocenters. The number of halogens is 9. The van der Waals surface area contributed by atoms with Crippen LogP contribution in [0.3, 0.4) is 0 Å². The van der Waals surface area contributed by atoms with Crippen LogP contribution >= 0.6 is 0 Å². The largest absolute Gasteiger partial charge is 0.491 e. The fourth-order valence-corrected chi connectivity index (χ4v) is 2.45. The van der Waals surface area contributed by atoms with Crippen LogP contribution in [0.5, 0.6) is 5.75 Å². The predicted molar refractivity (Wildman–Crippen MR) is 86.7 cm³/mol. The van der Waals surface area contributed by atoms with Crippen LogP contribution in [0.4, 0.5) is 39.5 Å². The van der Waals surface area contributed by atoms with Gasteiger partial charge in [-0.25, -0.2) is 0 Å². The second-order valence-electron chi connectivity index (χ2n) is 6.83. The van der Waals surface area contributed by atoms with E-state index in [1.165, 1.54) is 24.3 Å². The van der Waals surface area contributed by atoms with Gasteiger partial charge in [-0.2, -0.15) is 39.5 Å². The number of alkyl halides is 9. The molecule has 0 amide bonds. The van der Waals surface area contributed by atoms with E-state index in [0.29, 0.717) is 6.42 Å². The summed E-state index contributed by atoms with van der Waals surface area (Å²) in [6.07, 6.45) is -8.70. The molecule has 0 heterocycles. The smallest absolute Gasteiger partial charge is 0.460 e. The maximum atomic E-state index is 14.1. The van der Waals surface area contributed by atoms with Crippen molar-refractivity contribution in [3.05, 3.63) is 29.8 Å². The number of hydrogen-bond acceptors (Lipinski definition) is 2. The summed E-state index contributed by atoms with van der Waals surface area (Å²) in [5.74, 6) is -19.2. The number of rotatable bonds is 9. The van der Waals surface area contributed by atoms with Crippen molar-refractivity contribution in [1.29, 1.82) is 0 Å². The van der Waals surface area contributed by atoms with Crippen molar-refractivity contribution in [3.8, 4) is 5.75 Å². The molecule has 11 heteroatoms. The summed E-state index contributed by atoms with van der Waals surface area (Å²) in [6, 6.07) is 5.12. The third kappa shape index (κ3) is 4.92. The molecule has 168 valence electrons. The number of methoxy groups -OCH3 is 1. The Hall–Kier alpha value is -1.65. The number of ether oxygens (including phenoxy) is 2. The van der Waals surface area contributed by atoms with Gasteiger partial charge in [0.15, 0.2) is 0 Å². The van der Waals surface area contributed by atoms with Crippen LogP contribution in [-0.4, -0.2) is 37.2 Å². The summed E-state index contributed by atoms with van der Waals surface area (Å²) in [6.45, 7) is 4.39. The fourth-order valence-electron chi connectivity index (χ4n) is 2.45. The van der Waals surface area contributed by atoms with Crippen LogP contribution in [0.25, 0.3) is 0 Å². The zero-order valence-corrected chi connectivity index (χ0v) is 16.0. The first-order valence-corrected chi connectivity index (χ1v) is 8.47. The van der Waals surface area contributed by atoms with Gasteiger partial charge in [0.2, 0.25) is 0 Å². The molecule has 1 aromatic rings. The third-order valence-corrected chi connectivity index (χ3v) is 4.58. The molecule has 2 nitrogen and oxygen atoms in total. The molecule has 0 aromatic heterocycles. The van der Waals surface area contributed by atoms with Crippen LogP contribution in [-0.2, 0) is 10.3 Å². The molecule has 0 saturated heterocycles. The fraction of sp³-hybridized carbons (Fsp3) is 0.667. The van der Waals surface area contributed by atoms with Crippen molar-refractivity contribution in [3.63, 3.8) is 0 Å². The van der Waals surface area contributed by atoms with Crippen molar-refractivity contribution in [1.82, 2.24) is 0 Å². The molecule has 1 aromatic carbocycles. The van der Waals surface area contributed by atoms with Gasteiger partial charge in [-0.15, -0.1) is 0 Å². The van der Waals surface area contributed by atoms with Gasteiger partial charge in [-0.3, -0.25) is 0 Å². The van der Waals surface area contributed by atoms with Crippen molar-refractivity contribution in [2.75, 3.05) is 7.11 Å². The van der Waals surface area contributed by atoms with E-state index in [1.807, 2.05) is 0 Å². The molecule has 0 aliphatic carbocycles. The van der Waals surface area contributed by atoms with Gasteiger partial charge >= 0.3 is 23.9 Å². The van der Waals surface area contributed by atoms with Crippen molar-refractivity contribution >= 4 is 0 Å². The number of hydrogen-bond donors (Lipinski definition) is 0. The first-order valence-electron chi connectivity index (χ1n) is 8.47. The Labute approximate surface area is 162 Å². The highest BCUT2D eigenvalue weighted by molar-refractivity contribution is 5.33. The summed E-state index contributed by atoms with van der Waals surface area (Å²) in [4.78, 5) is 0. The van der Waals surface area contributed by atoms with E-state index in [0.717, 1.165) is 14.0 Å². The molecule has 0 N–H and O–H groups in total. The Morgan fingerprint density at radius 3 is 1.93 bits per heavy atom. The molecule has 1 rings (SSSR count). The third-order valence-electron chi connectivity index (χ3n) is 4.58. The van der Waals surface area contributed by atoms with Crippen LogP contribution in [0.1, 0.15) is 39.2 Å². The van der Waals surface area contributed by atoms with Gasteiger partial charge < -0.3 is 9.47 Å². The second kappa shape index (κ2) is 8.23. The summed E-state index contributed by atoms with van der Waals surface area (Å²) < 4.78 is 129. The summed E-state index contributed by atoms with van der Waals surface area (Å²) in [5.41, 5.74) is -2.48. The Balaban J connectivity index is 3.31. The van der Waals surface area contributed by atoms with Gasteiger partial charge in [-0.1, -0.05) is 19.1 Å². The molecule has 0 fully saturated rings. The zero-order chi connectivity index (χ0) is 22.9. The monoisotopic (exact) mass is 440 g/mol. The average Bonchev–Trinajstić information content (AvgIpc) is 2.60. The molecule has 0 bridgehead atoms. The minimum atomic E-state index is -6.94. The Bertz CT molecular complexity index is 688. The van der Waals surface area contributed by atoms with Crippen LogP contribution < -0.4 is 4.74 Å². The van der Waals surface area contributed by atoms with Crippen molar-refractivity contribution in [2.45, 2.75) is 69.3 Å². The van der Waals surface area contributed by atoms with E-state index in [9.17, 15) is 39.5 Å². The molecular weight excluding hydrogens is 419 g/mol. The van der Waals surface area contributed by atoms with E-state index in [4.69, 9.17) is 9.47 Å². The van der Waals surface area contributed by atoms with E-state index in [2.05, 4.69) is 0 Å². The summed E-state index contributed by atoms with van der Waals surface area (Å²) in [7, 11) is 0.846. The maximum absolute atomic E-state index is 14.1. The van der Waals surface area contributed by atoms with Gasteiger partial charge in [-0.05, 0) is 38.0 Å². The molecule has 0 spiro atoms. The average molecular weight is 440 g/mol. The summed E-state index contributed by atoms with van der Waals surface area (Å²) >= 11 is 0. The van der Waals surface area contributed by atoms with Crippen LogP contribution in [0.15, 0.2) is 24.3 Å².